The molecule has 3 aromatic rings. The summed E-state index contributed by atoms with van der Waals surface area (Å²) in [5, 5.41) is 3.29. The Morgan fingerprint density at radius 1 is 1.02 bits per heavy atom. The summed E-state index contributed by atoms with van der Waals surface area (Å²) in [4.78, 5) is 28.4. The van der Waals surface area contributed by atoms with Crippen molar-refractivity contribution < 1.29 is 22.4 Å². The third-order valence-corrected chi connectivity index (χ3v) is 9.17. The van der Waals surface area contributed by atoms with E-state index in [0.717, 1.165) is 35.6 Å². The molecule has 1 atom stereocenters. The number of aryl methyl sites for hydroxylation is 1. The van der Waals surface area contributed by atoms with E-state index in [1.54, 1.807) is 43.3 Å². The van der Waals surface area contributed by atoms with Crippen molar-refractivity contribution in [3.63, 3.8) is 0 Å². The quantitative estimate of drug-likeness (QED) is 0.342. The third-order valence-electron chi connectivity index (χ3n) is 7.15. The van der Waals surface area contributed by atoms with E-state index in [2.05, 4.69) is 5.32 Å². The molecule has 1 fully saturated rings. The number of hydrogen-bond donors (Lipinski definition) is 1. The van der Waals surface area contributed by atoms with Gasteiger partial charge in [0.1, 0.15) is 18.4 Å². The minimum atomic E-state index is -4.21. The van der Waals surface area contributed by atoms with Gasteiger partial charge in [-0.3, -0.25) is 13.9 Å². The van der Waals surface area contributed by atoms with Gasteiger partial charge in [0.15, 0.2) is 0 Å². The van der Waals surface area contributed by atoms with Crippen molar-refractivity contribution in [1.29, 1.82) is 0 Å². The molecule has 212 valence electrons. The molecule has 7 nitrogen and oxygen atoms in total. The van der Waals surface area contributed by atoms with Crippen LogP contribution in [-0.4, -0.2) is 43.8 Å². The normalized spacial score (nSPS) is 14.5. The van der Waals surface area contributed by atoms with Crippen molar-refractivity contribution in [2.75, 3.05) is 10.8 Å². The van der Waals surface area contributed by atoms with Crippen LogP contribution >= 0.6 is 11.6 Å². The molecule has 40 heavy (non-hydrogen) atoms. The van der Waals surface area contributed by atoms with Crippen LogP contribution in [0, 0.1) is 12.7 Å². The Morgan fingerprint density at radius 2 is 1.70 bits per heavy atom. The predicted octanol–water partition coefficient (Wildman–Crippen LogP) is 5.46. The minimum Gasteiger partial charge on any atom is -0.352 e. The number of amides is 2. The Balaban J connectivity index is 1.69. The van der Waals surface area contributed by atoms with E-state index in [4.69, 9.17) is 11.6 Å². The largest absolute Gasteiger partial charge is 0.352 e. The van der Waals surface area contributed by atoms with E-state index in [1.165, 1.54) is 41.3 Å². The van der Waals surface area contributed by atoms with Crippen LogP contribution in [0.25, 0.3) is 0 Å². The van der Waals surface area contributed by atoms with Crippen LogP contribution in [0.2, 0.25) is 5.02 Å². The summed E-state index contributed by atoms with van der Waals surface area (Å²) in [5.74, 6) is -1.55. The molecule has 0 aromatic heterocycles. The number of rotatable bonds is 10. The van der Waals surface area contributed by atoms with Gasteiger partial charge < -0.3 is 10.2 Å². The van der Waals surface area contributed by atoms with Gasteiger partial charge in [0.25, 0.3) is 10.0 Å². The number of hydrogen-bond acceptors (Lipinski definition) is 4. The molecule has 0 radical (unpaired) electrons. The first-order valence-electron chi connectivity index (χ1n) is 13.2. The molecule has 3 aromatic carbocycles. The van der Waals surface area contributed by atoms with Crippen LogP contribution < -0.4 is 9.62 Å². The highest BCUT2D eigenvalue weighted by atomic mass is 35.5. The number of nitrogens with one attached hydrogen (secondary N) is 1. The van der Waals surface area contributed by atoms with Gasteiger partial charge in [0.2, 0.25) is 11.8 Å². The average Bonchev–Trinajstić information content (AvgIpc) is 3.44. The van der Waals surface area contributed by atoms with Crippen LogP contribution in [0.15, 0.2) is 77.7 Å². The topological polar surface area (TPSA) is 86.8 Å². The zero-order valence-electron chi connectivity index (χ0n) is 22.5. The van der Waals surface area contributed by atoms with E-state index in [-0.39, 0.29) is 34.6 Å². The lowest BCUT2D eigenvalue weighted by Gasteiger charge is -2.32. The second-order valence-electron chi connectivity index (χ2n) is 10.1. The van der Waals surface area contributed by atoms with Gasteiger partial charge in [-0.15, -0.1) is 0 Å². The molecule has 2 amide bonds. The molecule has 0 unspecified atom stereocenters. The van der Waals surface area contributed by atoms with Crippen molar-refractivity contribution in [1.82, 2.24) is 10.2 Å². The molecule has 10 heteroatoms. The highest BCUT2D eigenvalue weighted by molar-refractivity contribution is 7.92. The first-order chi connectivity index (χ1) is 19.1. The summed E-state index contributed by atoms with van der Waals surface area (Å²) in [6.45, 7) is 2.58. The molecule has 4 rings (SSSR count). The van der Waals surface area contributed by atoms with Gasteiger partial charge in [-0.2, -0.15) is 0 Å². The van der Waals surface area contributed by atoms with Crippen molar-refractivity contribution in [3.8, 4) is 0 Å². The van der Waals surface area contributed by atoms with Crippen LogP contribution in [0.1, 0.15) is 43.7 Å². The summed E-state index contributed by atoms with van der Waals surface area (Å²) < 4.78 is 43.3. The molecule has 0 saturated heterocycles. The van der Waals surface area contributed by atoms with Crippen LogP contribution in [0.5, 0.6) is 0 Å². The minimum absolute atomic E-state index is 0.00134. The summed E-state index contributed by atoms with van der Waals surface area (Å²) in [7, 11) is -4.21. The molecule has 1 N–H and O–H groups in total. The van der Waals surface area contributed by atoms with Crippen LogP contribution in [-0.2, 0) is 26.2 Å². The number of benzene rings is 3. The average molecular weight is 586 g/mol. The Hall–Kier alpha value is -3.43. The molecule has 1 saturated carbocycles. The molecule has 0 heterocycles. The Kier molecular flexibility index (Phi) is 9.48. The fraction of sp³-hybridized carbons (Fsp3) is 0.333. The number of anilines is 1. The summed E-state index contributed by atoms with van der Waals surface area (Å²) >= 11 is 6.19. The lowest BCUT2D eigenvalue weighted by Crippen LogP contribution is -2.52. The van der Waals surface area contributed by atoms with Crippen LogP contribution in [0.3, 0.4) is 0 Å². The van der Waals surface area contributed by atoms with Crippen LogP contribution in [0.4, 0.5) is 10.1 Å². The van der Waals surface area contributed by atoms with E-state index in [1.807, 2.05) is 6.92 Å². The van der Waals surface area contributed by atoms with Gasteiger partial charge in [-0.1, -0.05) is 66.4 Å². The van der Waals surface area contributed by atoms with Crippen molar-refractivity contribution in [2.45, 2.75) is 63.1 Å². The van der Waals surface area contributed by atoms with Gasteiger partial charge >= 0.3 is 0 Å². The molecular weight excluding hydrogens is 553 g/mol. The molecule has 1 aliphatic carbocycles. The summed E-state index contributed by atoms with van der Waals surface area (Å²) in [5.41, 5.74) is 1.28. The molecule has 1 aliphatic rings. The van der Waals surface area contributed by atoms with Gasteiger partial charge in [-0.25, -0.2) is 12.8 Å². The summed E-state index contributed by atoms with van der Waals surface area (Å²) in [6, 6.07) is 17.5. The van der Waals surface area contributed by atoms with Gasteiger partial charge in [0, 0.05) is 23.2 Å². The summed E-state index contributed by atoms with van der Waals surface area (Å²) in [6.07, 6.45) is 3.75. The third kappa shape index (κ3) is 7.01. The smallest absolute Gasteiger partial charge is 0.264 e. The van der Waals surface area contributed by atoms with E-state index in [0.29, 0.717) is 5.02 Å². The lowest BCUT2D eigenvalue weighted by molar-refractivity contribution is -0.139. The fourth-order valence-electron chi connectivity index (χ4n) is 4.78. The second kappa shape index (κ2) is 12.8. The Labute approximate surface area is 240 Å². The Morgan fingerprint density at radius 3 is 2.35 bits per heavy atom. The SMILES string of the molecule is Cc1ccc(S(=O)(=O)N(CC(=O)N(Cc2ccccc2F)[C@@H](C)C(=O)NC2CCCC2)c2cccc(Cl)c2)cc1. The first-order valence-corrected chi connectivity index (χ1v) is 15.1. The van der Waals surface area contributed by atoms with E-state index < -0.39 is 34.3 Å². The van der Waals surface area contributed by atoms with Crippen molar-refractivity contribution in [3.05, 3.63) is 94.8 Å². The first kappa shape index (κ1) is 29.6. The standard InChI is InChI=1S/C30H33ClFN3O4S/c1-21-14-16-27(17-15-21)40(38,39)35(26-12-7-9-24(31)18-26)20-29(36)34(19-23-8-3-6-13-28(23)32)22(2)30(37)33-25-10-4-5-11-25/h3,6-9,12-18,22,25H,4-5,10-11,19-20H2,1-2H3,(H,33,37)/t22-/m0/s1. The molecule has 0 bridgehead atoms. The zero-order chi connectivity index (χ0) is 28.9. The molecule has 0 spiro atoms. The van der Waals surface area contributed by atoms with Gasteiger partial charge in [0.05, 0.1) is 10.6 Å². The fourth-order valence-corrected chi connectivity index (χ4v) is 6.37. The van der Waals surface area contributed by atoms with Crippen molar-refractivity contribution in [2.24, 2.45) is 0 Å². The second-order valence-corrected chi connectivity index (χ2v) is 12.4. The number of carbonyl (C=O) groups excluding carboxylic acids is 2. The maximum Gasteiger partial charge on any atom is 0.264 e. The van der Waals surface area contributed by atoms with E-state index >= 15 is 0 Å². The number of halogens is 2. The molecular formula is C30H33ClFN3O4S. The Bertz CT molecular complexity index is 1460. The highest BCUT2D eigenvalue weighted by Crippen LogP contribution is 2.27. The number of sulfonamides is 1. The molecule has 0 aliphatic heterocycles. The van der Waals surface area contributed by atoms with Crippen molar-refractivity contribution >= 4 is 39.1 Å². The van der Waals surface area contributed by atoms with E-state index in [9.17, 15) is 22.4 Å². The number of nitrogens with zero attached hydrogens (tertiary/aromatic N) is 2. The predicted molar refractivity (Wildman–Crippen MR) is 154 cm³/mol. The number of carbonyl (C=O) groups is 2. The maximum atomic E-state index is 14.7. The maximum absolute atomic E-state index is 14.7. The highest BCUT2D eigenvalue weighted by Gasteiger charge is 2.33. The van der Waals surface area contributed by atoms with Gasteiger partial charge in [-0.05, 0) is 63.1 Å². The lowest BCUT2D eigenvalue weighted by atomic mass is 10.1. The monoisotopic (exact) mass is 585 g/mol. The zero-order valence-corrected chi connectivity index (χ0v) is 24.1.